The number of carbonyl (C=O) groups is 2. The maximum atomic E-state index is 12.1. The highest BCUT2D eigenvalue weighted by Crippen LogP contribution is 2.16. The summed E-state index contributed by atoms with van der Waals surface area (Å²) in [6.45, 7) is 4.58. The molecule has 0 bridgehead atoms. The third kappa shape index (κ3) is 3.15. The van der Waals surface area contributed by atoms with Crippen molar-refractivity contribution in [2.24, 2.45) is 5.92 Å². The number of piperidine rings is 2. The maximum absolute atomic E-state index is 12.1. The van der Waals surface area contributed by atoms with Crippen molar-refractivity contribution in [2.45, 2.75) is 38.6 Å². The lowest BCUT2D eigenvalue weighted by molar-refractivity contribution is -0.132. The minimum Gasteiger partial charge on any atom is -0.344 e. The molecule has 2 fully saturated rings. The number of likely N-dealkylation sites (tertiary alicyclic amines) is 2. The zero-order valence-electron chi connectivity index (χ0n) is 11.3. The molecule has 102 valence electrons. The van der Waals surface area contributed by atoms with Gasteiger partial charge in [-0.2, -0.15) is 0 Å². The Hall–Kier alpha value is -1.26. The van der Waals surface area contributed by atoms with Crippen LogP contribution in [-0.2, 0) is 4.79 Å². The zero-order valence-corrected chi connectivity index (χ0v) is 11.3. The molecule has 0 saturated carbocycles. The number of urea groups is 1. The van der Waals surface area contributed by atoms with E-state index in [-0.39, 0.29) is 18.0 Å². The first-order chi connectivity index (χ1) is 8.56. The summed E-state index contributed by atoms with van der Waals surface area (Å²) in [5, 5.41) is 3.05. The molecule has 1 atom stereocenters. The average Bonchev–Trinajstić information content (AvgIpc) is 2.34. The molecular weight excluding hydrogens is 230 g/mol. The van der Waals surface area contributed by atoms with E-state index in [1.807, 2.05) is 4.90 Å². The van der Waals surface area contributed by atoms with Gasteiger partial charge in [-0.1, -0.05) is 6.92 Å². The van der Waals surface area contributed by atoms with Gasteiger partial charge in [-0.25, -0.2) is 4.79 Å². The van der Waals surface area contributed by atoms with Crippen LogP contribution in [0.3, 0.4) is 0 Å². The number of likely N-dealkylation sites (N-methyl/N-ethyl adjacent to an activating group) is 1. The number of rotatable bonds is 1. The molecule has 0 aliphatic carbocycles. The molecule has 0 aromatic heterocycles. The summed E-state index contributed by atoms with van der Waals surface area (Å²) in [5.41, 5.74) is 0. The van der Waals surface area contributed by atoms with Crippen molar-refractivity contribution in [1.29, 1.82) is 0 Å². The first-order valence-corrected chi connectivity index (χ1v) is 6.85. The van der Waals surface area contributed by atoms with E-state index in [1.165, 1.54) is 0 Å². The van der Waals surface area contributed by atoms with E-state index in [9.17, 15) is 9.59 Å². The first kappa shape index (κ1) is 13.2. The Morgan fingerprint density at radius 2 is 1.94 bits per heavy atom. The number of hydrogen-bond acceptors (Lipinski definition) is 2. The van der Waals surface area contributed by atoms with Crippen molar-refractivity contribution in [3.05, 3.63) is 0 Å². The fraction of sp³-hybridized carbons (Fsp3) is 0.846. The van der Waals surface area contributed by atoms with Gasteiger partial charge >= 0.3 is 6.03 Å². The van der Waals surface area contributed by atoms with E-state index in [0.717, 1.165) is 38.3 Å². The summed E-state index contributed by atoms with van der Waals surface area (Å²) in [6.07, 6.45) is 3.49. The number of nitrogens with one attached hydrogen (secondary N) is 1. The van der Waals surface area contributed by atoms with E-state index >= 15 is 0 Å². The maximum Gasteiger partial charge on any atom is 0.317 e. The molecule has 0 spiro atoms. The molecule has 2 rings (SSSR count). The summed E-state index contributed by atoms with van der Waals surface area (Å²) in [6, 6.07) is 0.147. The molecule has 2 heterocycles. The molecule has 5 heteroatoms. The Bertz CT molecular complexity index is 324. The second-order valence-electron chi connectivity index (χ2n) is 5.63. The van der Waals surface area contributed by atoms with Crippen LogP contribution in [0.1, 0.15) is 32.6 Å². The topological polar surface area (TPSA) is 52.7 Å². The van der Waals surface area contributed by atoms with Crippen LogP contribution < -0.4 is 5.32 Å². The molecule has 2 aliphatic rings. The predicted octanol–water partition coefficient (Wildman–Crippen LogP) is 1.05. The van der Waals surface area contributed by atoms with Crippen molar-refractivity contribution < 1.29 is 9.59 Å². The summed E-state index contributed by atoms with van der Waals surface area (Å²) in [4.78, 5) is 27.0. The van der Waals surface area contributed by atoms with Crippen LogP contribution in [0.4, 0.5) is 4.79 Å². The van der Waals surface area contributed by atoms with E-state index in [4.69, 9.17) is 0 Å². The molecule has 1 N–H and O–H groups in total. The standard InChI is InChI=1S/C13H23N3O2/c1-10-5-7-16(8-6-10)13(18)14-11-3-4-12(17)15(2)9-11/h10-11H,3-9H2,1-2H3,(H,14,18). The van der Waals surface area contributed by atoms with Gasteiger partial charge in [0.25, 0.3) is 0 Å². The molecule has 3 amide bonds. The van der Waals surface area contributed by atoms with Crippen molar-refractivity contribution in [3.8, 4) is 0 Å². The van der Waals surface area contributed by atoms with Crippen molar-refractivity contribution in [2.75, 3.05) is 26.7 Å². The molecule has 0 aromatic carbocycles. The quantitative estimate of drug-likeness (QED) is 0.759. The lowest BCUT2D eigenvalue weighted by Gasteiger charge is -2.34. The molecule has 0 radical (unpaired) electrons. The van der Waals surface area contributed by atoms with E-state index < -0.39 is 0 Å². The van der Waals surface area contributed by atoms with Gasteiger partial charge in [-0.3, -0.25) is 4.79 Å². The minimum absolute atomic E-state index is 0.0367. The Morgan fingerprint density at radius 1 is 1.28 bits per heavy atom. The molecule has 1 unspecified atom stereocenters. The summed E-state index contributed by atoms with van der Waals surface area (Å²) < 4.78 is 0. The SMILES string of the molecule is CC1CCN(C(=O)NC2CCC(=O)N(C)C2)CC1. The third-order valence-corrected chi connectivity index (χ3v) is 4.03. The van der Waals surface area contributed by atoms with Crippen LogP contribution in [-0.4, -0.2) is 54.5 Å². The number of carbonyl (C=O) groups excluding carboxylic acids is 2. The highest BCUT2D eigenvalue weighted by Gasteiger charge is 2.26. The minimum atomic E-state index is 0.0367. The number of hydrogen-bond donors (Lipinski definition) is 1. The third-order valence-electron chi connectivity index (χ3n) is 4.03. The van der Waals surface area contributed by atoms with E-state index in [2.05, 4.69) is 12.2 Å². The van der Waals surface area contributed by atoms with Gasteiger partial charge in [0, 0.05) is 39.1 Å². The van der Waals surface area contributed by atoms with Crippen LogP contribution in [0, 0.1) is 5.92 Å². The van der Waals surface area contributed by atoms with Crippen LogP contribution >= 0.6 is 0 Å². The lowest BCUT2D eigenvalue weighted by Crippen LogP contribution is -2.53. The second kappa shape index (κ2) is 5.59. The second-order valence-corrected chi connectivity index (χ2v) is 5.63. The van der Waals surface area contributed by atoms with Crippen LogP contribution in [0.25, 0.3) is 0 Å². The Balaban J connectivity index is 1.79. The Kier molecular flexibility index (Phi) is 4.09. The van der Waals surface area contributed by atoms with Gasteiger partial charge in [0.15, 0.2) is 0 Å². The molecule has 2 saturated heterocycles. The Morgan fingerprint density at radius 3 is 2.56 bits per heavy atom. The molecular formula is C13H23N3O2. The molecule has 0 aromatic rings. The van der Waals surface area contributed by atoms with Gasteiger partial charge in [-0.05, 0) is 25.2 Å². The smallest absolute Gasteiger partial charge is 0.317 e. The van der Waals surface area contributed by atoms with Crippen LogP contribution in [0.5, 0.6) is 0 Å². The Labute approximate surface area is 108 Å². The lowest BCUT2D eigenvalue weighted by atomic mass is 9.99. The predicted molar refractivity (Wildman–Crippen MR) is 69.2 cm³/mol. The van der Waals surface area contributed by atoms with Gasteiger partial charge in [0.05, 0.1) is 0 Å². The van der Waals surface area contributed by atoms with Crippen LogP contribution in [0.15, 0.2) is 0 Å². The van der Waals surface area contributed by atoms with Gasteiger partial charge in [0.2, 0.25) is 5.91 Å². The highest BCUT2D eigenvalue weighted by atomic mass is 16.2. The van der Waals surface area contributed by atoms with E-state index in [1.54, 1.807) is 11.9 Å². The first-order valence-electron chi connectivity index (χ1n) is 6.85. The van der Waals surface area contributed by atoms with Gasteiger partial charge < -0.3 is 15.1 Å². The van der Waals surface area contributed by atoms with Crippen molar-refractivity contribution in [3.63, 3.8) is 0 Å². The van der Waals surface area contributed by atoms with Crippen molar-refractivity contribution in [1.82, 2.24) is 15.1 Å². The fourth-order valence-corrected chi connectivity index (χ4v) is 2.61. The summed E-state index contributed by atoms with van der Waals surface area (Å²) in [5.74, 6) is 0.903. The normalized spacial score (nSPS) is 26.3. The largest absolute Gasteiger partial charge is 0.344 e. The molecule has 5 nitrogen and oxygen atoms in total. The number of amides is 3. The average molecular weight is 253 g/mol. The monoisotopic (exact) mass is 253 g/mol. The van der Waals surface area contributed by atoms with E-state index in [0.29, 0.717) is 13.0 Å². The fourth-order valence-electron chi connectivity index (χ4n) is 2.61. The summed E-state index contributed by atoms with van der Waals surface area (Å²) >= 11 is 0. The number of nitrogens with zero attached hydrogens (tertiary/aromatic N) is 2. The van der Waals surface area contributed by atoms with Gasteiger partial charge in [-0.15, -0.1) is 0 Å². The van der Waals surface area contributed by atoms with Gasteiger partial charge in [0.1, 0.15) is 0 Å². The van der Waals surface area contributed by atoms with Crippen LogP contribution in [0.2, 0.25) is 0 Å². The van der Waals surface area contributed by atoms with Crippen molar-refractivity contribution >= 4 is 11.9 Å². The molecule has 2 aliphatic heterocycles. The summed E-state index contributed by atoms with van der Waals surface area (Å²) in [7, 11) is 1.79. The highest BCUT2D eigenvalue weighted by molar-refractivity contribution is 5.78. The molecule has 18 heavy (non-hydrogen) atoms. The zero-order chi connectivity index (χ0) is 13.1.